The second kappa shape index (κ2) is 10.3. The number of hydrogen-bond donors (Lipinski definition) is 1. The summed E-state index contributed by atoms with van der Waals surface area (Å²) in [5, 5.41) is 2.90. The van der Waals surface area contributed by atoms with Gasteiger partial charge in [0, 0.05) is 26.2 Å². The van der Waals surface area contributed by atoms with Crippen LogP contribution in [-0.4, -0.2) is 25.7 Å². The van der Waals surface area contributed by atoms with E-state index in [1.165, 1.54) is 0 Å². The van der Waals surface area contributed by atoms with Crippen molar-refractivity contribution in [3.8, 4) is 5.75 Å². The Bertz CT molecular complexity index is 376. The fraction of sp³-hybridized carbons (Fsp3) is 0.562. The summed E-state index contributed by atoms with van der Waals surface area (Å²) in [5.74, 6) is 0.939. The van der Waals surface area contributed by atoms with Gasteiger partial charge in [-0.15, -0.1) is 0 Å². The van der Waals surface area contributed by atoms with E-state index in [4.69, 9.17) is 9.47 Å². The van der Waals surface area contributed by atoms with E-state index in [0.29, 0.717) is 26.2 Å². The first-order chi connectivity index (χ1) is 9.76. The van der Waals surface area contributed by atoms with E-state index in [2.05, 4.69) is 12.2 Å². The molecule has 0 spiro atoms. The maximum atomic E-state index is 11.6. The summed E-state index contributed by atoms with van der Waals surface area (Å²) in [6.45, 7) is 6.67. The van der Waals surface area contributed by atoms with Gasteiger partial charge < -0.3 is 14.8 Å². The van der Waals surface area contributed by atoms with Gasteiger partial charge in [0.05, 0.1) is 6.61 Å². The summed E-state index contributed by atoms with van der Waals surface area (Å²) in [5.41, 5.74) is 1.08. The molecule has 1 rings (SSSR count). The molecular formula is C16H25NO3. The minimum absolute atomic E-state index is 0.0658. The van der Waals surface area contributed by atoms with Crippen molar-refractivity contribution in [3.05, 3.63) is 29.8 Å². The van der Waals surface area contributed by atoms with Gasteiger partial charge in [0.1, 0.15) is 5.75 Å². The van der Waals surface area contributed by atoms with E-state index >= 15 is 0 Å². The zero-order valence-electron chi connectivity index (χ0n) is 12.5. The van der Waals surface area contributed by atoms with Crippen LogP contribution in [0.4, 0.5) is 0 Å². The summed E-state index contributed by atoms with van der Waals surface area (Å²) >= 11 is 0. The van der Waals surface area contributed by atoms with Crippen molar-refractivity contribution in [1.29, 1.82) is 0 Å². The number of carbonyl (C=O) groups is 1. The molecule has 0 bridgehead atoms. The molecule has 112 valence electrons. The number of rotatable bonds is 10. The largest absolute Gasteiger partial charge is 0.494 e. The third-order valence-corrected chi connectivity index (χ3v) is 2.78. The van der Waals surface area contributed by atoms with E-state index < -0.39 is 0 Å². The van der Waals surface area contributed by atoms with Crippen LogP contribution in [-0.2, 0) is 16.1 Å². The van der Waals surface area contributed by atoms with Gasteiger partial charge in [0.2, 0.25) is 5.91 Å². The first kappa shape index (κ1) is 16.5. The second-order valence-corrected chi connectivity index (χ2v) is 4.57. The SMILES string of the molecule is CCCOc1ccc(CNC(=O)CCCOCC)cc1. The minimum Gasteiger partial charge on any atom is -0.494 e. The number of nitrogens with one attached hydrogen (secondary N) is 1. The number of amides is 1. The third-order valence-electron chi connectivity index (χ3n) is 2.78. The molecule has 4 nitrogen and oxygen atoms in total. The Morgan fingerprint density at radius 2 is 1.90 bits per heavy atom. The molecule has 4 heteroatoms. The van der Waals surface area contributed by atoms with Crippen molar-refractivity contribution in [2.24, 2.45) is 0 Å². The highest BCUT2D eigenvalue weighted by molar-refractivity contribution is 5.75. The number of benzene rings is 1. The summed E-state index contributed by atoms with van der Waals surface area (Å²) in [7, 11) is 0. The van der Waals surface area contributed by atoms with Crippen LogP contribution in [0.25, 0.3) is 0 Å². The van der Waals surface area contributed by atoms with Crippen LogP contribution in [0.1, 0.15) is 38.7 Å². The van der Waals surface area contributed by atoms with Gasteiger partial charge in [-0.05, 0) is 37.5 Å². The number of carbonyl (C=O) groups excluding carboxylic acids is 1. The Morgan fingerprint density at radius 3 is 2.55 bits per heavy atom. The molecule has 1 amide bonds. The molecule has 1 N–H and O–H groups in total. The van der Waals surface area contributed by atoms with Crippen molar-refractivity contribution in [1.82, 2.24) is 5.32 Å². The zero-order valence-corrected chi connectivity index (χ0v) is 12.5. The molecule has 0 aromatic heterocycles. The highest BCUT2D eigenvalue weighted by atomic mass is 16.5. The second-order valence-electron chi connectivity index (χ2n) is 4.57. The molecule has 0 radical (unpaired) electrons. The van der Waals surface area contributed by atoms with Gasteiger partial charge in [-0.25, -0.2) is 0 Å². The monoisotopic (exact) mass is 279 g/mol. The number of ether oxygens (including phenoxy) is 2. The van der Waals surface area contributed by atoms with Crippen molar-refractivity contribution < 1.29 is 14.3 Å². The first-order valence-electron chi connectivity index (χ1n) is 7.32. The molecular weight excluding hydrogens is 254 g/mol. The van der Waals surface area contributed by atoms with E-state index in [0.717, 1.165) is 30.8 Å². The molecule has 0 fully saturated rings. The van der Waals surface area contributed by atoms with Gasteiger partial charge in [0.25, 0.3) is 0 Å². The van der Waals surface area contributed by atoms with Crippen LogP contribution < -0.4 is 10.1 Å². The van der Waals surface area contributed by atoms with Gasteiger partial charge in [-0.2, -0.15) is 0 Å². The topological polar surface area (TPSA) is 47.6 Å². The lowest BCUT2D eigenvalue weighted by atomic mass is 10.2. The van der Waals surface area contributed by atoms with E-state index in [1.54, 1.807) is 0 Å². The molecule has 1 aromatic rings. The smallest absolute Gasteiger partial charge is 0.220 e. The normalized spacial score (nSPS) is 10.3. The molecule has 0 saturated carbocycles. The van der Waals surface area contributed by atoms with Crippen molar-refractivity contribution in [2.45, 2.75) is 39.7 Å². The number of hydrogen-bond acceptors (Lipinski definition) is 3. The van der Waals surface area contributed by atoms with E-state index in [1.807, 2.05) is 31.2 Å². The maximum absolute atomic E-state index is 11.6. The highest BCUT2D eigenvalue weighted by Gasteiger charge is 2.01. The van der Waals surface area contributed by atoms with E-state index in [9.17, 15) is 4.79 Å². The average molecular weight is 279 g/mol. The van der Waals surface area contributed by atoms with Gasteiger partial charge in [-0.3, -0.25) is 4.79 Å². The Labute approximate surface area is 121 Å². The Balaban J connectivity index is 2.22. The lowest BCUT2D eigenvalue weighted by molar-refractivity contribution is -0.121. The molecule has 1 aromatic carbocycles. The third kappa shape index (κ3) is 7.14. The van der Waals surface area contributed by atoms with Crippen molar-refractivity contribution in [3.63, 3.8) is 0 Å². The molecule has 0 aliphatic heterocycles. The Hall–Kier alpha value is -1.55. The molecule has 0 aliphatic carbocycles. The van der Waals surface area contributed by atoms with Gasteiger partial charge >= 0.3 is 0 Å². The summed E-state index contributed by atoms with van der Waals surface area (Å²) < 4.78 is 10.7. The van der Waals surface area contributed by atoms with Crippen LogP contribution in [0.5, 0.6) is 5.75 Å². The standard InChI is InChI=1S/C16H25NO3/c1-3-11-20-15-9-7-14(8-10-15)13-17-16(18)6-5-12-19-4-2/h7-10H,3-6,11-13H2,1-2H3,(H,17,18). The van der Waals surface area contributed by atoms with Crippen molar-refractivity contribution in [2.75, 3.05) is 19.8 Å². The lowest BCUT2D eigenvalue weighted by Gasteiger charge is -2.07. The van der Waals surface area contributed by atoms with Gasteiger partial charge in [-0.1, -0.05) is 19.1 Å². The average Bonchev–Trinajstić information content (AvgIpc) is 2.48. The minimum atomic E-state index is 0.0658. The fourth-order valence-corrected chi connectivity index (χ4v) is 1.69. The fourth-order valence-electron chi connectivity index (χ4n) is 1.69. The molecule has 0 aliphatic rings. The molecule has 0 atom stereocenters. The quantitative estimate of drug-likeness (QED) is 0.670. The summed E-state index contributed by atoms with van der Waals surface area (Å²) in [6, 6.07) is 7.83. The molecule has 0 unspecified atom stereocenters. The predicted molar refractivity (Wildman–Crippen MR) is 79.8 cm³/mol. The van der Waals surface area contributed by atoms with Crippen molar-refractivity contribution >= 4 is 5.91 Å². The van der Waals surface area contributed by atoms with Crippen LogP contribution >= 0.6 is 0 Å². The van der Waals surface area contributed by atoms with Crippen LogP contribution in [0.2, 0.25) is 0 Å². The maximum Gasteiger partial charge on any atom is 0.220 e. The Morgan fingerprint density at radius 1 is 1.15 bits per heavy atom. The molecule has 0 heterocycles. The predicted octanol–water partition coefficient (Wildman–Crippen LogP) is 2.91. The van der Waals surface area contributed by atoms with Crippen LogP contribution in [0, 0.1) is 0 Å². The van der Waals surface area contributed by atoms with E-state index in [-0.39, 0.29) is 5.91 Å². The lowest BCUT2D eigenvalue weighted by Crippen LogP contribution is -2.22. The first-order valence-corrected chi connectivity index (χ1v) is 7.32. The molecule has 20 heavy (non-hydrogen) atoms. The highest BCUT2D eigenvalue weighted by Crippen LogP contribution is 2.12. The summed E-state index contributed by atoms with van der Waals surface area (Å²) in [4.78, 5) is 11.6. The zero-order chi connectivity index (χ0) is 14.6. The molecule has 0 saturated heterocycles. The summed E-state index contributed by atoms with van der Waals surface area (Å²) in [6.07, 6.45) is 2.28. The van der Waals surface area contributed by atoms with Crippen LogP contribution in [0.15, 0.2) is 24.3 Å². The van der Waals surface area contributed by atoms with Crippen LogP contribution in [0.3, 0.4) is 0 Å². The van der Waals surface area contributed by atoms with Gasteiger partial charge in [0.15, 0.2) is 0 Å². The Kier molecular flexibility index (Phi) is 8.47.